The van der Waals surface area contributed by atoms with E-state index in [-0.39, 0.29) is 17.5 Å². The van der Waals surface area contributed by atoms with Gasteiger partial charge < -0.3 is 9.64 Å². The fraction of sp³-hybridized carbons (Fsp3) is 0.304. The van der Waals surface area contributed by atoms with Crippen molar-refractivity contribution in [3.63, 3.8) is 0 Å². The molecule has 0 unspecified atom stereocenters. The van der Waals surface area contributed by atoms with E-state index in [2.05, 4.69) is 5.10 Å². The molecule has 1 saturated heterocycles. The number of hydrogen-bond donors (Lipinski definition) is 0. The SMILES string of the molecule is Cc1nn(-c2ccc(F)cc2)c(Oc2ccccc2F)c1CCC(=O)N1CCCC1. The van der Waals surface area contributed by atoms with Crippen LogP contribution < -0.4 is 4.74 Å². The lowest BCUT2D eigenvalue weighted by Gasteiger charge is -2.15. The number of likely N-dealkylation sites (tertiary alicyclic amines) is 1. The third kappa shape index (κ3) is 4.20. The van der Waals surface area contributed by atoms with Gasteiger partial charge in [0.05, 0.1) is 11.4 Å². The molecule has 0 atom stereocenters. The summed E-state index contributed by atoms with van der Waals surface area (Å²) in [6.07, 6.45) is 2.82. The predicted molar refractivity (Wildman–Crippen MR) is 109 cm³/mol. The third-order valence-corrected chi connectivity index (χ3v) is 5.30. The molecule has 0 bridgehead atoms. The smallest absolute Gasteiger partial charge is 0.226 e. The molecule has 7 heteroatoms. The lowest BCUT2D eigenvalue weighted by molar-refractivity contribution is -0.130. The zero-order valence-corrected chi connectivity index (χ0v) is 16.8. The van der Waals surface area contributed by atoms with Gasteiger partial charge >= 0.3 is 0 Å². The molecule has 2 heterocycles. The maximum absolute atomic E-state index is 14.3. The van der Waals surface area contributed by atoms with E-state index in [9.17, 15) is 13.6 Å². The largest absolute Gasteiger partial charge is 0.436 e. The average molecular weight is 411 g/mol. The Balaban J connectivity index is 1.68. The van der Waals surface area contributed by atoms with Crippen LogP contribution in [-0.4, -0.2) is 33.7 Å². The first kappa shape index (κ1) is 20.1. The second-order valence-electron chi connectivity index (χ2n) is 7.38. The molecule has 0 aliphatic carbocycles. The number of amides is 1. The van der Waals surface area contributed by atoms with E-state index >= 15 is 0 Å². The standard InChI is InChI=1S/C23H23F2N3O2/c1-16-19(12-13-22(29)27-14-4-5-15-27)23(30-21-7-3-2-6-20(21)25)28(26-16)18-10-8-17(24)9-11-18/h2-3,6-11H,4-5,12-15H2,1H3. The minimum Gasteiger partial charge on any atom is -0.436 e. The molecule has 0 saturated carbocycles. The van der Waals surface area contributed by atoms with E-state index in [1.807, 2.05) is 11.8 Å². The number of aryl methyl sites for hydroxylation is 1. The molecule has 0 spiro atoms. The molecule has 2 aromatic carbocycles. The maximum atomic E-state index is 14.3. The Kier molecular flexibility index (Phi) is 5.79. The van der Waals surface area contributed by atoms with E-state index in [1.165, 1.54) is 28.9 Å². The molecular formula is C23H23F2N3O2. The van der Waals surface area contributed by atoms with Gasteiger partial charge in [-0.25, -0.2) is 13.5 Å². The highest BCUT2D eigenvalue weighted by Crippen LogP contribution is 2.33. The summed E-state index contributed by atoms with van der Waals surface area (Å²) in [5, 5.41) is 4.53. The second kappa shape index (κ2) is 8.65. The topological polar surface area (TPSA) is 47.4 Å². The highest BCUT2D eigenvalue weighted by molar-refractivity contribution is 5.76. The van der Waals surface area contributed by atoms with Gasteiger partial charge in [-0.15, -0.1) is 0 Å². The van der Waals surface area contributed by atoms with Crippen LogP contribution in [0.1, 0.15) is 30.5 Å². The first-order valence-corrected chi connectivity index (χ1v) is 10.1. The molecule has 1 aliphatic heterocycles. The van der Waals surface area contributed by atoms with Gasteiger partial charge in [0.1, 0.15) is 5.82 Å². The monoisotopic (exact) mass is 411 g/mol. The quantitative estimate of drug-likeness (QED) is 0.585. The number of halogens is 2. The number of ether oxygens (including phenoxy) is 1. The minimum atomic E-state index is -0.499. The lowest BCUT2D eigenvalue weighted by Crippen LogP contribution is -2.27. The molecule has 3 aromatic rings. The molecule has 1 aromatic heterocycles. The van der Waals surface area contributed by atoms with Gasteiger partial charge in [-0.2, -0.15) is 5.10 Å². The van der Waals surface area contributed by atoms with Crippen LogP contribution in [0, 0.1) is 18.6 Å². The number of hydrogen-bond acceptors (Lipinski definition) is 3. The van der Waals surface area contributed by atoms with Crippen molar-refractivity contribution in [2.24, 2.45) is 0 Å². The van der Waals surface area contributed by atoms with Crippen molar-refractivity contribution in [1.29, 1.82) is 0 Å². The van der Waals surface area contributed by atoms with Gasteiger partial charge in [-0.05, 0) is 62.6 Å². The van der Waals surface area contributed by atoms with Crippen LogP contribution in [0.3, 0.4) is 0 Å². The molecule has 1 fully saturated rings. The van der Waals surface area contributed by atoms with E-state index in [0.29, 0.717) is 30.1 Å². The predicted octanol–water partition coefficient (Wildman–Crippen LogP) is 4.81. The van der Waals surface area contributed by atoms with E-state index in [4.69, 9.17) is 4.74 Å². The number of nitrogens with zero attached hydrogens (tertiary/aromatic N) is 3. The fourth-order valence-corrected chi connectivity index (χ4v) is 3.68. The zero-order valence-electron chi connectivity index (χ0n) is 16.8. The van der Waals surface area contributed by atoms with Crippen LogP contribution in [0.15, 0.2) is 48.5 Å². The first-order chi connectivity index (χ1) is 14.5. The van der Waals surface area contributed by atoms with Crippen LogP contribution in [0.5, 0.6) is 11.6 Å². The van der Waals surface area contributed by atoms with Crippen LogP contribution in [0.25, 0.3) is 5.69 Å². The number of aromatic nitrogens is 2. The van der Waals surface area contributed by atoms with Crippen molar-refractivity contribution in [1.82, 2.24) is 14.7 Å². The van der Waals surface area contributed by atoms with Crippen molar-refractivity contribution in [2.75, 3.05) is 13.1 Å². The van der Waals surface area contributed by atoms with Crippen molar-refractivity contribution < 1.29 is 18.3 Å². The summed E-state index contributed by atoms with van der Waals surface area (Å²) < 4.78 is 35.1. The molecule has 5 nitrogen and oxygen atoms in total. The average Bonchev–Trinajstić information content (AvgIpc) is 3.38. The second-order valence-corrected chi connectivity index (χ2v) is 7.38. The Morgan fingerprint density at radius 3 is 2.47 bits per heavy atom. The Bertz CT molecular complexity index is 1040. The fourth-order valence-electron chi connectivity index (χ4n) is 3.68. The Morgan fingerprint density at radius 2 is 1.77 bits per heavy atom. The zero-order chi connectivity index (χ0) is 21.1. The highest BCUT2D eigenvalue weighted by atomic mass is 19.1. The molecule has 30 heavy (non-hydrogen) atoms. The van der Waals surface area contributed by atoms with Gasteiger partial charge in [0.15, 0.2) is 11.6 Å². The van der Waals surface area contributed by atoms with E-state index in [1.54, 1.807) is 24.3 Å². The van der Waals surface area contributed by atoms with E-state index in [0.717, 1.165) is 31.5 Å². The molecule has 0 radical (unpaired) electrons. The number of benzene rings is 2. The minimum absolute atomic E-state index is 0.0629. The number of rotatable bonds is 6. The summed E-state index contributed by atoms with van der Waals surface area (Å²) in [6.45, 7) is 3.42. The summed E-state index contributed by atoms with van der Waals surface area (Å²) in [6, 6.07) is 11.9. The molecule has 156 valence electrons. The normalized spacial score (nSPS) is 13.6. The molecule has 4 rings (SSSR count). The van der Waals surface area contributed by atoms with Gasteiger partial charge in [-0.3, -0.25) is 4.79 Å². The van der Waals surface area contributed by atoms with Gasteiger partial charge in [0, 0.05) is 25.1 Å². The van der Waals surface area contributed by atoms with Gasteiger partial charge in [0.2, 0.25) is 11.8 Å². The number of carbonyl (C=O) groups excluding carboxylic acids is 1. The maximum Gasteiger partial charge on any atom is 0.226 e. The Labute approximate surface area is 173 Å². The summed E-state index contributed by atoms with van der Waals surface area (Å²) in [5.74, 6) is -0.374. The van der Waals surface area contributed by atoms with Crippen molar-refractivity contribution in [3.05, 3.63) is 71.4 Å². The van der Waals surface area contributed by atoms with Crippen molar-refractivity contribution in [3.8, 4) is 17.3 Å². The Hall–Kier alpha value is -3.22. The summed E-state index contributed by atoms with van der Waals surface area (Å²) in [7, 11) is 0. The Morgan fingerprint density at radius 1 is 1.07 bits per heavy atom. The third-order valence-electron chi connectivity index (χ3n) is 5.30. The summed E-state index contributed by atoms with van der Waals surface area (Å²) >= 11 is 0. The summed E-state index contributed by atoms with van der Waals surface area (Å²) in [4.78, 5) is 14.4. The molecule has 1 amide bonds. The van der Waals surface area contributed by atoms with Gasteiger partial charge in [-0.1, -0.05) is 12.1 Å². The van der Waals surface area contributed by atoms with Crippen LogP contribution in [0.2, 0.25) is 0 Å². The highest BCUT2D eigenvalue weighted by Gasteiger charge is 2.23. The summed E-state index contributed by atoms with van der Waals surface area (Å²) in [5.41, 5.74) is 2.00. The molecule has 0 N–H and O–H groups in total. The van der Waals surface area contributed by atoms with Crippen LogP contribution in [0.4, 0.5) is 8.78 Å². The molecular weight excluding hydrogens is 388 g/mol. The van der Waals surface area contributed by atoms with Crippen molar-refractivity contribution >= 4 is 5.91 Å². The number of carbonyl (C=O) groups is 1. The van der Waals surface area contributed by atoms with Crippen LogP contribution in [-0.2, 0) is 11.2 Å². The van der Waals surface area contributed by atoms with E-state index < -0.39 is 5.82 Å². The first-order valence-electron chi connectivity index (χ1n) is 10.1. The lowest BCUT2D eigenvalue weighted by atomic mass is 10.1. The van der Waals surface area contributed by atoms with Gasteiger partial charge in [0.25, 0.3) is 0 Å². The van der Waals surface area contributed by atoms with Crippen LogP contribution >= 0.6 is 0 Å². The van der Waals surface area contributed by atoms with Crippen molar-refractivity contribution in [2.45, 2.75) is 32.6 Å². The number of para-hydroxylation sites is 1. The molecule has 1 aliphatic rings.